The summed E-state index contributed by atoms with van der Waals surface area (Å²) in [7, 11) is 0. The Hall–Kier alpha value is -1.55. The van der Waals surface area contributed by atoms with Crippen molar-refractivity contribution in [3.63, 3.8) is 0 Å². The number of carbonyl (C=O) groups excluding carboxylic acids is 1. The zero-order chi connectivity index (χ0) is 16.5. The number of hydrogen-bond acceptors (Lipinski definition) is 3. The number of piperidine rings is 1. The first-order valence-corrected chi connectivity index (χ1v) is 9.00. The van der Waals surface area contributed by atoms with Crippen LogP contribution in [0.1, 0.15) is 56.3 Å². The molecule has 1 aliphatic heterocycles. The molecule has 1 aromatic carbocycles. The number of carbonyl (C=O) groups is 1. The maximum absolute atomic E-state index is 12.5. The van der Waals surface area contributed by atoms with Crippen molar-refractivity contribution in [2.75, 3.05) is 26.2 Å². The number of amides is 1. The number of ether oxygens (including phenoxy) is 1. The van der Waals surface area contributed by atoms with Crippen LogP contribution >= 0.6 is 0 Å². The van der Waals surface area contributed by atoms with Gasteiger partial charge in [-0.3, -0.25) is 9.69 Å². The van der Waals surface area contributed by atoms with Crippen LogP contribution < -0.4 is 10.1 Å². The molecule has 0 radical (unpaired) electrons. The standard InChI is InChI=1S/C19H30N2O2/c1-3-5-13-21-14-9-8-10-16(21)15-20-19(22)17-11-6-7-12-18(17)23-4-2/h6-7,11-12,16H,3-5,8-10,13-15H2,1-2H3,(H,20,22)/t16-/m1/s1. The predicted molar refractivity (Wildman–Crippen MR) is 94.1 cm³/mol. The average Bonchev–Trinajstić information content (AvgIpc) is 2.59. The molecule has 4 heteroatoms. The predicted octanol–water partition coefficient (Wildman–Crippen LogP) is 3.47. The van der Waals surface area contributed by atoms with Gasteiger partial charge in [0, 0.05) is 12.6 Å². The van der Waals surface area contributed by atoms with Gasteiger partial charge < -0.3 is 10.1 Å². The molecule has 1 N–H and O–H groups in total. The van der Waals surface area contributed by atoms with Crippen molar-refractivity contribution in [1.29, 1.82) is 0 Å². The normalized spacial score (nSPS) is 18.6. The number of likely N-dealkylation sites (tertiary alicyclic amines) is 1. The first-order valence-electron chi connectivity index (χ1n) is 9.00. The molecule has 1 heterocycles. The van der Waals surface area contributed by atoms with E-state index in [4.69, 9.17) is 4.74 Å². The zero-order valence-corrected chi connectivity index (χ0v) is 14.5. The summed E-state index contributed by atoms with van der Waals surface area (Å²) in [5.74, 6) is 0.633. The van der Waals surface area contributed by atoms with E-state index < -0.39 is 0 Å². The lowest BCUT2D eigenvalue weighted by atomic mass is 10.0. The summed E-state index contributed by atoms with van der Waals surface area (Å²) in [6.45, 7) is 7.76. The molecule has 0 spiro atoms. The van der Waals surface area contributed by atoms with E-state index in [1.165, 1.54) is 32.1 Å². The van der Waals surface area contributed by atoms with Gasteiger partial charge in [-0.15, -0.1) is 0 Å². The monoisotopic (exact) mass is 318 g/mol. The van der Waals surface area contributed by atoms with Gasteiger partial charge in [0.2, 0.25) is 0 Å². The summed E-state index contributed by atoms with van der Waals surface area (Å²) < 4.78 is 5.55. The fraction of sp³-hybridized carbons (Fsp3) is 0.632. The number of benzene rings is 1. The molecule has 1 aliphatic rings. The lowest BCUT2D eigenvalue weighted by Crippen LogP contribution is -2.47. The Labute approximate surface area is 140 Å². The molecule has 1 amide bonds. The number of hydrogen-bond donors (Lipinski definition) is 1. The molecule has 1 fully saturated rings. The molecule has 0 saturated carbocycles. The van der Waals surface area contributed by atoms with Gasteiger partial charge in [-0.05, 0) is 51.4 Å². The lowest BCUT2D eigenvalue weighted by Gasteiger charge is -2.35. The van der Waals surface area contributed by atoms with E-state index in [1.54, 1.807) is 0 Å². The van der Waals surface area contributed by atoms with Crippen LogP contribution in [0.5, 0.6) is 5.75 Å². The minimum absolute atomic E-state index is 0.0323. The molecular formula is C19H30N2O2. The van der Waals surface area contributed by atoms with Gasteiger partial charge in [0.25, 0.3) is 5.91 Å². The van der Waals surface area contributed by atoms with Crippen LogP contribution in [0, 0.1) is 0 Å². The van der Waals surface area contributed by atoms with Crippen LogP contribution in [0.25, 0.3) is 0 Å². The van der Waals surface area contributed by atoms with E-state index in [0.717, 1.165) is 19.6 Å². The highest BCUT2D eigenvalue weighted by molar-refractivity contribution is 5.96. The van der Waals surface area contributed by atoms with Crippen LogP contribution in [0.2, 0.25) is 0 Å². The highest BCUT2D eigenvalue weighted by Gasteiger charge is 2.22. The first-order chi connectivity index (χ1) is 11.3. The minimum atomic E-state index is -0.0323. The van der Waals surface area contributed by atoms with Crippen molar-refractivity contribution in [3.05, 3.63) is 29.8 Å². The number of rotatable bonds is 8. The molecule has 1 aromatic rings. The Morgan fingerprint density at radius 3 is 2.91 bits per heavy atom. The van der Waals surface area contributed by atoms with Gasteiger partial charge in [-0.2, -0.15) is 0 Å². The molecular weight excluding hydrogens is 288 g/mol. The second-order valence-electron chi connectivity index (χ2n) is 6.18. The third-order valence-electron chi connectivity index (χ3n) is 4.48. The number of para-hydroxylation sites is 1. The van der Waals surface area contributed by atoms with E-state index in [9.17, 15) is 4.79 Å². The minimum Gasteiger partial charge on any atom is -0.493 e. The lowest BCUT2D eigenvalue weighted by molar-refractivity contribution is 0.0909. The maximum atomic E-state index is 12.5. The molecule has 1 saturated heterocycles. The summed E-state index contributed by atoms with van der Waals surface area (Å²) in [6, 6.07) is 7.93. The quantitative estimate of drug-likeness (QED) is 0.798. The first kappa shape index (κ1) is 17.8. The van der Waals surface area contributed by atoms with Crippen molar-refractivity contribution >= 4 is 5.91 Å². The van der Waals surface area contributed by atoms with Gasteiger partial charge in [0.15, 0.2) is 0 Å². The van der Waals surface area contributed by atoms with Gasteiger partial charge in [-0.25, -0.2) is 0 Å². The van der Waals surface area contributed by atoms with Crippen LogP contribution in [0.4, 0.5) is 0 Å². The SMILES string of the molecule is CCCCN1CCCC[C@@H]1CNC(=O)c1ccccc1OCC. The van der Waals surface area contributed by atoms with E-state index in [0.29, 0.717) is 24.0 Å². The summed E-state index contributed by atoms with van der Waals surface area (Å²) in [5, 5.41) is 3.11. The van der Waals surface area contributed by atoms with Gasteiger partial charge in [-0.1, -0.05) is 31.9 Å². The number of nitrogens with one attached hydrogen (secondary N) is 1. The molecule has 128 valence electrons. The smallest absolute Gasteiger partial charge is 0.255 e. The average molecular weight is 318 g/mol. The summed E-state index contributed by atoms with van der Waals surface area (Å²) in [6.07, 6.45) is 6.17. The molecule has 0 aliphatic carbocycles. The van der Waals surface area contributed by atoms with Gasteiger partial charge in [0.1, 0.15) is 5.75 Å². The van der Waals surface area contributed by atoms with Crippen molar-refractivity contribution in [1.82, 2.24) is 10.2 Å². The van der Waals surface area contributed by atoms with Crippen molar-refractivity contribution in [2.45, 2.75) is 52.0 Å². The Balaban J connectivity index is 1.92. The fourth-order valence-corrected chi connectivity index (χ4v) is 3.19. The van der Waals surface area contributed by atoms with E-state index in [1.807, 2.05) is 31.2 Å². The van der Waals surface area contributed by atoms with Crippen molar-refractivity contribution < 1.29 is 9.53 Å². The fourth-order valence-electron chi connectivity index (χ4n) is 3.19. The third-order valence-corrected chi connectivity index (χ3v) is 4.48. The van der Waals surface area contributed by atoms with Crippen LogP contribution in [0.15, 0.2) is 24.3 Å². The molecule has 0 unspecified atom stereocenters. The van der Waals surface area contributed by atoms with Gasteiger partial charge >= 0.3 is 0 Å². The summed E-state index contributed by atoms with van der Waals surface area (Å²) in [4.78, 5) is 15.0. The largest absolute Gasteiger partial charge is 0.493 e. The van der Waals surface area contributed by atoms with Gasteiger partial charge in [0.05, 0.1) is 12.2 Å². The van der Waals surface area contributed by atoms with E-state index >= 15 is 0 Å². The Morgan fingerprint density at radius 2 is 2.13 bits per heavy atom. The third kappa shape index (κ3) is 5.24. The Morgan fingerprint density at radius 1 is 1.30 bits per heavy atom. The molecule has 1 atom stereocenters. The summed E-state index contributed by atoms with van der Waals surface area (Å²) >= 11 is 0. The van der Waals surface area contributed by atoms with Crippen molar-refractivity contribution in [2.24, 2.45) is 0 Å². The Bertz CT molecular complexity index is 490. The summed E-state index contributed by atoms with van der Waals surface area (Å²) in [5.41, 5.74) is 0.630. The van der Waals surface area contributed by atoms with Crippen molar-refractivity contribution in [3.8, 4) is 5.75 Å². The zero-order valence-electron chi connectivity index (χ0n) is 14.5. The van der Waals surface area contributed by atoms with Crippen LogP contribution in [-0.4, -0.2) is 43.1 Å². The topological polar surface area (TPSA) is 41.6 Å². The molecule has 4 nitrogen and oxygen atoms in total. The second-order valence-corrected chi connectivity index (χ2v) is 6.18. The van der Waals surface area contributed by atoms with Crippen LogP contribution in [0.3, 0.4) is 0 Å². The molecule has 23 heavy (non-hydrogen) atoms. The Kier molecular flexibility index (Phi) is 7.40. The highest BCUT2D eigenvalue weighted by atomic mass is 16.5. The van der Waals surface area contributed by atoms with Crippen LogP contribution in [-0.2, 0) is 0 Å². The molecule has 0 bridgehead atoms. The number of nitrogens with zero attached hydrogens (tertiary/aromatic N) is 1. The number of unbranched alkanes of at least 4 members (excludes halogenated alkanes) is 1. The second kappa shape index (κ2) is 9.56. The van der Waals surface area contributed by atoms with E-state index in [-0.39, 0.29) is 5.91 Å². The highest BCUT2D eigenvalue weighted by Crippen LogP contribution is 2.19. The van der Waals surface area contributed by atoms with E-state index in [2.05, 4.69) is 17.1 Å². The molecule has 0 aromatic heterocycles. The maximum Gasteiger partial charge on any atom is 0.255 e. The molecule has 2 rings (SSSR count).